The van der Waals surface area contributed by atoms with Crippen LogP contribution in [0.5, 0.6) is 0 Å². The molecule has 1 amide bonds. The Balaban J connectivity index is 2.22. The Morgan fingerprint density at radius 3 is 2.42 bits per heavy atom. The van der Waals surface area contributed by atoms with Crippen molar-refractivity contribution in [1.29, 1.82) is 0 Å². The fourth-order valence-corrected chi connectivity index (χ4v) is 3.95. The first-order chi connectivity index (χ1) is 14.5. The molecule has 1 aliphatic rings. The number of hydrogen-bond acceptors (Lipinski definition) is 6. The first kappa shape index (κ1) is 23.1. The van der Waals surface area contributed by atoms with Crippen LogP contribution in [0, 0.1) is 6.92 Å². The van der Waals surface area contributed by atoms with E-state index in [-0.39, 0.29) is 12.0 Å². The molecule has 0 spiro atoms. The fourth-order valence-electron chi connectivity index (χ4n) is 3.95. The van der Waals surface area contributed by atoms with Crippen LogP contribution in [0.3, 0.4) is 0 Å². The van der Waals surface area contributed by atoms with Crippen LogP contribution < -0.4 is 10.2 Å². The number of ether oxygens (including phenoxy) is 2. The lowest BCUT2D eigenvalue weighted by molar-refractivity contribution is 0.0554. The van der Waals surface area contributed by atoms with Gasteiger partial charge in [-0.2, -0.15) is 0 Å². The molecule has 170 valence electrons. The van der Waals surface area contributed by atoms with E-state index < -0.39 is 17.7 Å². The second kappa shape index (κ2) is 8.86. The number of benzene rings is 1. The van der Waals surface area contributed by atoms with E-state index in [1.165, 1.54) is 7.11 Å². The van der Waals surface area contributed by atoms with Gasteiger partial charge in [0.1, 0.15) is 16.9 Å². The number of nitrogens with one attached hydrogen (secondary N) is 2. The minimum absolute atomic E-state index is 0.0368. The zero-order valence-corrected chi connectivity index (χ0v) is 19.6. The smallest absolute Gasteiger partial charge is 0.415 e. The van der Waals surface area contributed by atoms with Gasteiger partial charge in [0.05, 0.1) is 23.9 Å². The quantitative estimate of drug-likeness (QED) is 0.703. The summed E-state index contributed by atoms with van der Waals surface area (Å²) in [6.45, 7) is 13.1. The highest BCUT2D eigenvalue weighted by molar-refractivity contribution is 6.07. The number of carbonyl (C=O) groups is 2. The van der Waals surface area contributed by atoms with Gasteiger partial charge >= 0.3 is 12.1 Å². The van der Waals surface area contributed by atoms with E-state index >= 15 is 0 Å². The summed E-state index contributed by atoms with van der Waals surface area (Å²) in [5.41, 5.74) is 2.31. The van der Waals surface area contributed by atoms with Crippen molar-refractivity contribution in [2.24, 2.45) is 0 Å². The zero-order chi connectivity index (χ0) is 22.9. The molecule has 0 unspecified atom stereocenters. The van der Waals surface area contributed by atoms with Crippen LogP contribution in [0.25, 0.3) is 11.0 Å². The van der Waals surface area contributed by atoms with Crippen molar-refractivity contribution in [1.82, 2.24) is 15.3 Å². The van der Waals surface area contributed by atoms with Crippen LogP contribution in [-0.2, 0) is 9.47 Å². The van der Waals surface area contributed by atoms with Crippen molar-refractivity contribution < 1.29 is 19.1 Å². The molecule has 2 N–H and O–H groups in total. The third-order valence-corrected chi connectivity index (χ3v) is 5.49. The average Bonchev–Trinajstić information content (AvgIpc) is 3.11. The Hall–Kier alpha value is -2.61. The lowest BCUT2D eigenvalue weighted by Crippen LogP contribution is -2.48. The number of piperidine rings is 1. The Morgan fingerprint density at radius 2 is 1.87 bits per heavy atom. The fraction of sp³-hybridized carbons (Fsp3) is 0.609. The van der Waals surface area contributed by atoms with E-state index in [0.717, 1.165) is 31.8 Å². The number of carbonyl (C=O) groups excluding carboxylic acids is 2. The molecule has 0 saturated carbocycles. The maximum absolute atomic E-state index is 13.4. The first-order valence-electron chi connectivity index (χ1n) is 10.9. The van der Waals surface area contributed by atoms with Gasteiger partial charge in [0.25, 0.3) is 0 Å². The largest absolute Gasteiger partial charge is 0.465 e. The summed E-state index contributed by atoms with van der Waals surface area (Å²) in [5, 5.41) is 3.34. The van der Waals surface area contributed by atoms with Crippen LogP contribution >= 0.6 is 0 Å². The molecule has 3 rings (SSSR count). The van der Waals surface area contributed by atoms with Gasteiger partial charge in [0, 0.05) is 12.0 Å². The van der Waals surface area contributed by atoms with E-state index in [9.17, 15) is 9.59 Å². The average molecular weight is 431 g/mol. The minimum Gasteiger partial charge on any atom is -0.465 e. The molecule has 1 aliphatic heterocycles. The normalized spacial score (nSPS) is 15.4. The molecule has 31 heavy (non-hydrogen) atoms. The van der Waals surface area contributed by atoms with Gasteiger partial charge < -0.3 is 19.8 Å². The first-order valence-corrected chi connectivity index (χ1v) is 10.9. The molecule has 1 aromatic heterocycles. The molecule has 0 aliphatic carbocycles. The highest BCUT2D eigenvalue weighted by Crippen LogP contribution is 2.35. The maximum Gasteiger partial charge on any atom is 0.415 e. The number of fused-ring (bicyclic) bond motifs is 1. The predicted octanol–water partition coefficient (Wildman–Crippen LogP) is 4.27. The van der Waals surface area contributed by atoms with Crippen LogP contribution in [0.1, 0.15) is 75.1 Å². The molecule has 0 bridgehead atoms. The number of imidazole rings is 1. The van der Waals surface area contributed by atoms with Gasteiger partial charge in [-0.1, -0.05) is 13.8 Å². The number of methoxy groups -OCH3 is 1. The standard InChI is InChI=1S/C23H34N4O4/c1-13(2)20-25-16-12-17(14(3)18(19(16)26-20)21(28)30-7)27(15-8-10-24-11-9-15)22(29)31-23(4,5)6/h12-13,15,24H,8-11H2,1-7H3,(H,25,26). The highest BCUT2D eigenvalue weighted by atomic mass is 16.6. The summed E-state index contributed by atoms with van der Waals surface area (Å²) in [6.07, 6.45) is 1.18. The highest BCUT2D eigenvalue weighted by Gasteiger charge is 2.34. The Bertz CT molecular complexity index is 968. The number of nitrogens with zero attached hydrogens (tertiary/aromatic N) is 2. The second-order valence-electron chi connectivity index (χ2n) is 9.39. The third-order valence-electron chi connectivity index (χ3n) is 5.49. The number of esters is 1. The summed E-state index contributed by atoms with van der Waals surface area (Å²) in [7, 11) is 1.36. The van der Waals surface area contributed by atoms with Crippen molar-refractivity contribution in [3.63, 3.8) is 0 Å². The van der Waals surface area contributed by atoms with Gasteiger partial charge in [-0.25, -0.2) is 14.6 Å². The topological polar surface area (TPSA) is 96.5 Å². The SMILES string of the molecule is COC(=O)c1c(C)c(N(C(=O)OC(C)(C)C)C2CCNCC2)cc2[nH]c(C(C)C)nc12. The molecule has 1 aromatic carbocycles. The number of rotatable bonds is 4. The van der Waals surface area contributed by atoms with Crippen LogP contribution in [0.15, 0.2) is 6.07 Å². The van der Waals surface area contributed by atoms with E-state index in [4.69, 9.17) is 9.47 Å². The molecular formula is C23H34N4O4. The summed E-state index contributed by atoms with van der Waals surface area (Å²) in [6, 6.07) is 1.87. The van der Waals surface area contributed by atoms with Crippen molar-refractivity contribution in [3.05, 3.63) is 23.0 Å². The molecular weight excluding hydrogens is 396 g/mol. The second-order valence-corrected chi connectivity index (χ2v) is 9.39. The molecule has 0 radical (unpaired) electrons. The third kappa shape index (κ3) is 4.84. The summed E-state index contributed by atoms with van der Waals surface area (Å²) in [5.74, 6) is 0.469. The number of anilines is 1. The Morgan fingerprint density at radius 1 is 1.23 bits per heavy atom. The maximum atomic E-state index is 13.4. The van der Waals surface area contributed by atoms with Gasteiger partial charge in [-0.05, 0) is 65.3 Å². The molecule has 0 atom stereocenters. The minimum atomic E-state index is -0.635. The molecule has 2 aromatic rings. The lowest BCUT2D eigenvalue weighted by Gasteiger charge is -2.36. The monoisotopic (exact) mass is 430 g/mol. The van der Waals surface area contributed by atoms with E-state index in [1.54, 1.807) is 4.90 Å². The number of H-pyrrole nitrogens is 1. The number of aromatic nitrogens is 2. The van der Waals surface area contributed by atoms with Gasteiger partial charge in [-0.15, -0.1) is 0 Å². The van der Waals surface area contributed by atoms with Crippen molar-refractivity contribution >= 4 is 28.8 Å². The molecule has 2 heterocycles. The number of amides is 1. The van der Waals surface area contributed by atoms with E-state index in [2.05, 4.69) is 15.3 Å². The lowest BCUT2D eigenvalue weighted by atomic mass is 9.99. The summed E-state index contributed by atoms with van der Waals surface area (Å²) < 4.78 is 10.8. The van der Waals surface area contributed by atoms with Crippen LogP contribution in [0.2, 0.25) is 0 Å². The van der Waals surface area contributed by atoms with Crippen molar-refractivity contribution in [3.8, 4) is 0 Å². The van der Waals surface area contributed by atoms with E-state index in [0.29, 0.717) is 27.8 Å². The van der Waals surface area contributed by atoms with Crippen molar-refractivity contribution in [2.45, 2.75) is 71.9 Å². The summed E-state index contributed by atoms with van der Waals surface area (Å²) in [4.78, 5) is 35.8. The molecule has 1 saturated heterocycles. The zero-order valence-electron chi connectivity index (χ0n) is 19.6. The van der Waals surface area contributed by atoms with E-state index in [1.807, 2.05) is 47.6 Å². The predicted molar refractivity (Wildman–Crippen MR) is 121 cm³/mol. The molecule has 8 nitrogen and oxygen atoms in total. The van der Waals surface area contributed by atoms with Gasteiger partial charge in [0.15, 0.2) is 0 Å². The van der Waals surface area contributed by atoms with Crippen LogP contribution in [-0.4, -0.2) is 53.9 Å². The van der Waals surface area contributed by atoms with Gasteiger partial charge in [-0.3, -0.25) is 4.90 Å². The molecule has 8 heteroatoms. The van der Waals surface area contributed by atoms with Gasteiger partial charge in [0.2, 0.25) is 0 Å². The van der Waals surface area contributed by atoms with Crippen LogP contribution in [0.4, 0.5) is 10.5 Å². The number of hydrogen-bond donors (Lipinski definition) is 2. The molecule has 1 fully saturated rings. The Kier molecular flexibility index (Phi) is 6.59. The Labute approximate surface area is 183 Å². The summed E-state index contributed by atoms with van der Waals surface area (Å²) >= 11 is 0. The number of aromatic amines is 1. The van der Waals surface area contributed by atoms with Crippen molar-refractivity contribution in [2.75, 3.05) is 25.1 Å².